The van der Waals surface area contributed by atoms with Crippen LogP contribution >= 0.6 is 15.9 Å². The van der Waals surface area contributed by atoms with Gasteiger partial charge in [-0.25, -0.2) is 0 Å². The maximum atomic E-state index is 16.4. The minimum Gasteiger partial charge on any atom is -0.395 e. The van der Waals surface area contributed by atoms with Crippen LogP contribution in [0.4, 0.5) is 15.5 Å². The lowest BCUT2D eigenvalue weighted by Gasteiger charge is -2.31. The fraction of sp³-hybridized carbons (Fsp3) is 0.432. The van der Waals surface area contributed by atoms with Gasteiger partial charge in [0.2, 0.25) is 20.2 Å². The number of carbonyl (C=O) groups is 3. The number of hydrogen-bond donors (Lipinski definition) is 1. The fourth-order valence-corrected chi connectivity index (χ4v) is 10.8. The van der Waals surface area contributed by atoms with Crippen molar-refractivity contribution in [1.29, 1.82) is 0 Å². The number of amides is 3. The van der Waals surface area contributed by atoms with Gasteiger partial charge in [-0.2, -0.15) is 0 Å². The third-order valence-corrected chi connectivity index (χ3v) is 13.1. The molecule has 2 saturated heterocycles. The van der Waals surface area contributed by atoms with Crippen LogP contribution in [0.1, 0.15) is 49.3 Å². The minimum absolute atomic E-state index is 0.1000. The van der Waals surface area contributed by atoms with Crippen LogP contribution in [0.25, 0.3) is 0 Å². The maximum Gasteiger partial charge on any atom is 0.264 e. The lowest BCUT2D eigenvalue weighted by atomic mass is 9.82. The molecule has 0 aliphatic carbocycles. The first-order valence-corrected chi connectivity index (χ1v) is 20.5. The van der Waals surface area contributed by atoms with E-state index in [0.717, 1.165) is 34.1 Å². The molecule has 0 saturated carbocycles. The summed E-state index contributed by atoms with van der Waals surface area (Å²) < 4.78 is 23.9. The standard InChI is InChI=1S/C37H43BrFN3O5Si/c1-25-35(48(2,3)39)32(22-34(45)40(19-20-43)23-26-9-5-4-6-10-26)47-37(25)30-21-28(38)14-17-31(30)42(36(37)46)24-27-12-15-29(16-13-27)41-18-8-7-11-33(41)44/h4-6,9-10,12-17,21,25,32,35,43H,7-8,11,18-20,22-24H2,1-3H3/t25-,32+,35-,37+/m1/s1. The van der Waals surface area contributed by atoms with E-state index in [0.29, 0.717) is 30.8 Å². The van der Waals surface area contributed by atoms with Gasteiger partial charge in [0.05, 0.1) is 31.4 Å². The van der Waals surface area contributed by atoms with Gasteiger partial charge in [0.1, 0.15) is 0 Å². The summed E-state index contributed by atoms with van der Waals surface area (Å²) in [4.78, 5) is 46.2. The van der Waals surface area contributed by atoms with Crippen LogP contribution in [0, 0.1) is 5.92 Å². The van der Waals surface area contributed by atoms with E-state index >= 15 is 4.11 Å². The van der Waals surface area contributed by atoms with Gasteiger partial charge >= 0.3 is 0 Å². The summed E-state index contributed by atoms with van der Waals surface area (Å²) in [6, 6.07) is 22.9. The molecule has 3 amide bonds. The van der Waals surface area contributed by atoms with E-state index in [1.807, 2.05) is 84.6 Å². The van der Waals surface area contributed by atoms with E-state index in [1.165, 1.54) is 0 Å². The van der Waals surface area contributed by atoms with Crippen LogP contribution in [-0.2, 0) is 37.8 Å². The maximum absolute atomic E-state index is 16.4. The normalized spacial score (nSPS) is 24.0. The number of ether oxygens (including phenoxy) is 1. The molecule has 254 valence electrons. The third kappa shape index (κ3) is 6.49. The number of aliphatic hydroxyl groups excluding tert-OH is 1. The van der Waals surface area contributed by atoms with Crippen molar-refractivity contribution < 1.29 is 28.3 Å². The van der Waals surface area contributed by atoms with E-state index in [4.69, 9.17) is 4.74 Å². The summed E-state index contributed by atoms with van der Waals surface area (Å²) in [7, 11) is -3.49. The molecule has 1 spiro atoms. The van der Waals surface area contributed by atoms with Crippen molar-refractivity contribution in [2.45, 2.75) is 76.0 Å². The van der Waals surface area contributed by atoms with Crippen molar-refractivity contribution >= 4 is 53.4 Å². The van der Waals surface area contributed by atoms with Crippen molar-refractivity contribution in [3.8, 4) is 0 Å². The Morgan fingerprint density at radius 3 is 2.46 bits per heavy atom. The first kappa shape index (κ1) is 34.5. The number of piperidine rings is 1. The van der Waals surface area contributed by atoms with Gasteiger partial charge in [0.15, 0.2) is 5.60 Å². The van der Waals surface area contributed by atoms with Gasteiger partial charge in [-0.15, -0.1) is 0 Å². The number of fused-ring (bicyclic) bond motifs is 2. The Hall–Kier alpha value is -3.38. The van der Waals surface area contributed by atoms with Gasteiger partial charge in [0, 0.05) is 53.2 Å². The Labute approximate surface area is 291 Å². The zero-order chi connectivity index (χ0) is 34.2. The largest absolute Gasteiger partial charge is 0.395 e. The van der Waals surface area contributed by atoms with Crippen LogP contribution in [0.2, 0.25) is 18.6 Å². The zero-order valence-corrected chi connectivity index (χ0v) is 30.3. The monoisotopic (exact) mass is 735 g/mol. The average molecular weight is 737 g/mol. The summed E-state index contributed by atoms with van der Waals surface area (Å²) in [5, 5.41) is 9.78. The van der Waals surface area contributed by atoms with Crippen molar-refractivity contribution in [2.75, 3.05) is 29.5 Å². The molecule has 0 aromatic heterocycles. The highest BCUT2D eigenvalue weighted by Gasteiger charge is 2.67. The molecule has 0 bridgehead atoms. The Morgan fingerprint density at radius 2 is 1.79 bits per heavy atom. The molecular formula is C37H43BrFN3O5Si. The molecule has 4 atom stereocenters. The predicted octanol–water partition coefficient (Wildman–Crippen LogP) is 6.70. The Bertz CT molecular complexity index is 1670. The number of nitrogens with zero attached hydrogens (tertiary/aromatic N) is 3. The molecule has 8 nitrogen and oxygen atoms in total. The first-order valence-electron chi connectivity index (χ1n) is 16.7. The number of anilines is 2. The molecule has 3 heterocycles. The van der Waals surface area contributed by atoms with E-state index < -0.39 is 31.6 Å². The quantitative estimate of drug-likeness (QED) is 0.185. The second-order valence-corrected chi connectivity index (χ2v) is 18.4. The number of aliphatic hydroxyl groups is 1. The molecule has 11 heteroatoms. The van der Waals surface area contributed by atoms with Crippen molar-refractivity contribution in [1.82, 2.24) is 4.90 Å². The van der Waals surface area contributed by atoms with E-state index in [9.17, 15) is 19.5 Å². The van der Waals surface area contributed by atoms with Crippen molar-refractivity contribution in [3.05, 3.63) is 94.0 Å². The molecule has 3 aliphatic rings. The van der Waals surface area contributed by atoms with Crippen molar-refractivity contribution in [2.24, 2.45) is 5.92 Å². The first-order chi connectivity index (χ1) is 22.9. The molecule has 6 rings (SSSR count). The molecule has 1 N–H and O–H groups in total. The summed E-state index contributed by atoms with van der Waals surface area (Å²) >= 11 is 3.58. The van der Waals surface area contributed by atoms with Gasteiger partial charge in [-0.05, 0) is 67.4 Å². The number of benzene rings is 3. The van der Waals surface area contributed by atoms with Gasteiger partial charge in [0.25, 0.3) is 5.91 Å². The number of rotatable bonds is 10. The highest BCUT2D eigenvalue weighted by molar-refractivity contribution is 9.10. The molecule has 3 aliphatic heterocycles. The third-order valence-electron chi connectivity index (χ3n) is 10.1. The van der Waals surface area contributed by atoms with Crippen LogP contribution in [0.3, 0.4) is 0 Å². The molecule has 2 fully saturated rings. The summed E-state index contributed by atoms with van der Waals surface area (Å²) in [6.45, 7) is 6.33. The smallest absolute Gasteiger partial charge is 0.264 e. The van der Waals surface area contributed by atoms with E-state index in [2.05, 4.69) is 15.9 Å². The summed E-state index contributed by atoms with van der Waals surface area (Å²) in [5.74, 6) is -0.943. The molecule has 0 radical (unpaired) electrons. The molecule has 0 unspecified atom stereocenters. The van der Waals surface area contributed by atoms with E-state index in [-0.39, 0.29) is 43.8 Å². The molecule has 48 heavy (non-hydrogen) atoms. The number of carbonyl (C=O) groups excluding carboxylic acids is 3. The molecular weight excluding hydrogens is 693 g/mol. The lowest BCUT2D eigenvalue weighted by molar-refractivity contribution is -0.150. The molecule has 3 aromatic rings. The van der Waals surface area contributed by atoms with Gasteiger partial charge in [-0.3, -0.25) is 14.4 Å². The van der Waals surface area contributed by atoms with Crippen LogP contribution in [0.15, 0.2) is 77.3 Å². The van der Waals surface area contributed by atoms with Crippen molar-refractivity contribution in [3.63, 3.8) is 0 Å². The SMILES string of the molecule is C[C@@H]1[C@@H]([Si](C)(C)F)[C@H](CC(=O)N(CCO)Cc2ccccc2)O[C@@]12C(=O)N(Cc1ccc(N3CCCCC3=O)cc1)c1ccc(Br)cc12. The Kier molecular flexibility index (Phi) is 9.95. The van der Waals surface area contributed by atoms with Crippen LogP contribution < -0.4 is 9.80 Å². The highest BCUT2D eigenvalue weighted by atomic mass is 79.9. The van der Waals surface area contributed by atoms with E-state index in [1.54, 1.807) is 22.9 Å². The number of halogens is 2. The van der Waals surface area contributed by atoms with Crippen LogP contribution in [-0.4, -0.2) is 61.9 Å². The fourth-order valence-electron chi connectivity index (χ4n) is 7.94. The summed E-state index contributed by atoms with van der Waals surface area (Å²) in [5.41, 5.74) is 1.91. The Balaban J connectivity index is 1.30. The topological polar surface area (TPSA) is 90.4 Å². The minimum atomic E-state index is -3.49. The second-order valence-electron chi connectivity index (χ2n) is 13.7. The predicted molar refractivity (Wildman–Crippen MR) is 190 cm³/mol. The highest BCUT2D eigenvalue weighted by Crippen LogP contribution is 2.60. The summed E-state index contributed by atoms with van der Waals surface area (Å²) in [6.07, 6.45) is 1.51. The van der Waals surface area contributed by atoms with Gasteiger partial charge < -0.3 is 28.7 Å². The van der Waals surface area contributed by atoms with Gasteiger partial charge in [-0.1, -0.05) is 65.3 Å². The lowest BCUT2D eigenvalue weighted by Crippen LogP contribution is -2.45. The molecule has 3 aromatic carbocycles. The average Bonchev–Trinajstić information content (AvgIpc) is 3.48. The zero-order valence-electron chi connectivity index (χ0n) is 27.7. The van der Waals surface area contributed by atoms with Crippen LogP contribution in [0.5, 0.6) is 0 Å². The number of hydrogen-bond acceptors (Lipinski definition) is 5. The Morgan fingerprint density at radius 1 is 1.06 bits per heavy atom. The second kappa shape index (κ2) is 13.9.